The van der Waals surface area contributed by atoms with Crippen LogP contribution in [0.4, 0.5) is 5.69 Å². The van der Waals surface area contributed by atoms with Crippen LogP contribution < -0.4 is 10.1 Å². The van der Waals surface area contributed by atoms with E-state index in [9.17, 15) is 4.79 Å². The Morgan fingerprint density at radius 2 is 1.97 bits per heavy atom. The van der Waals surface area contributed by atoms with E-state index in [1.807, 2.05) is 43.3 Å². The van der Waals surface area contributed by atoms with Gasteiger partial charge in [0.25, 0.3) is 5.91 Å². The number of benzene rings is 3. The monoisotopic (exact) mass is 420 g/mol. The van der Waals surface area contributed by atoms with E-state index in [1.54, 1.807) is 18.2 Å². The minimum atomic E-state index is -0.306. The van der Waals surface area contributed by atoms with Crippen LogP contribution in [0.15, 0.2) is 59.0 Å². The maximum absolute atomic E-state index is 12.9. The molecule has 0 saturated carbocycles. The van der Waals surface area contributed by atoms with Crippen molar-refractivity contribution >= 4 is 34.3 Å². The van der Waals surface area contributed by atoms with Crippen LogP contribution in [0.5, 0.6) is 5.75 Å². The van der Waals surface area contributed by atoms with Gasteiger partial charge in [-0.3, -0.25) is 4.79 Å². The highest BCUT2D eigenvalue weighted by Crippen LogP contribution is 2.30. The zero-order chi connectivity index (χ0) is 21.3. The zero-order valence-corrected chi connectivity index (χ0v) is 17.7. The lowest BCUT2D eigenvalue weighted by atomic mass is 10.1. The Balaban J connectivity index is 1.67. The van der Waals surface area contributed by atoms with E-state index in [1.165, 1.54) is 12.7 Å². The van der Waals surface area contributed by atoms with E-state index in [2.05, 4.69) is 17.2 Å². The molecule has 1 N–H and O–H groups in total. The lowest BCUT2D eigenvalue weighted by molar-refractivity contribution is 0.102. The van der Waals surface area contributed by atoms with Crippen molar-refractivity contribution < 1.29 is 13.9 Å². The number of aromatic nitrogens is 1. The molecular formula is C24H21ClN2O3. The summed E-state index contributed by atoms with van der Waals surface area (Å²) in [5, 5.41) is 3.41. The molecule has 30 heavy (non-hydrogen) atoms. The molecule has 6 heteroatoms. The number of anilines is 1. The number of nitrogens with zero attached hydrogens (tertiary/aromatic N) is 1. The molecular weight excluding hydrogens is 400 g/mol. The topological polar surface area (TPSA) is 64.4 Å². The van der Waals surface area contributed by atoms with Crippen molar-refractivity contribution in [3.8, 4) is 17.2 Å². The van der Waals surface area contributed by atoms with Gasteiger partial charge < -0.3 is 14.5 Å². The Kier molecular flexibility index (Phi) is 5.46. The van der Waals surface area contributed by atoms with Crippen molar-refractivity contribution in [1.82, 2.24) is 4.98 Å². The summed E-state index contributed by atoms with van der Waals surface area (Å²) >= 11 is 6.06. The van der Waals surface area contributed by atoms with Crippen molar-refractivity contribution in [2.45, 2.75) is 20.3 Å². The SMILES string of the molecule is CCc1ccc2oc(-c3ccc(C)c(NC(=O)c4cc(Cl)ccc4OC)c3)nc2c1. The van der Waals surface area contributed by atoms with Crippen molar-refractivity contribution in [3.05, 3.63) is 76.3 Å². The van der Waals surface area contributed by atoms with Gasteiger partial charge in [0, 0.05) is 16.3 Å². The first-order valence-electron chi connectivity index (χ1n) is 9.64. The molecule has 152 valence electrons. The summed E-state index contributed by atoms with van der Waals surface area (Å²) in [4.78, 5) is 17.5. The summed E-state index contributed by atoms with van der Waals surface area (Å²) < 4.78 is 11.2. The molecule has 0 radical (unpaired) electrons. The maximum Gasteiger partial charge on any atom is 0.259 e. The van der Waals surface area contributed by atoms with Crippen LogP contribution in [0.1, 0.15) is 28.4 Å². The van der Waals surface area contributed by atoms with Crippen LogP contribution in [0.25, 0.3) is 22.6 Å². The number of carbonyl (C=O) groups is 1. The average molecular weight is 421 g/mol. The Bertz CT molecular complexity index is 1250. The molecule has 0 unspecified atom stereocenters. The standard InChI is InChI=1S/C24H21ClN2O3/c1-4-15-6-9-22-20(11-15)27-24(30-22)16-7-5-14(2)19(12-16)26-23(28)18-13-17(25)8-10-21(18)29-3/h5-13H,4H2,1-3H3,(H,26,28). The summed E-state index contributed by atoms with van der Waals surface area (Å²) in [6.07, 6.45) is 0.936. The van der Waals surface area contributed by atoms with Crippen LogP contribution in [0.3, 0.4) is 0 Å². The minimum Gasteiger partial charge on any atom is -0.496 e. The first-order valence-corrected chi connectivity index (χ1v) is 10.0. The van der Waals surface area contributed by atoms with Gasteiger partial charge in [0.2, 0.25) is 5.89 Å². The second-order valence-corrected chi connectivity index (χ2v) is 7.44. The summed E-state index contributed by atoms with van der Waals surface area (Å²) in [7, 11) is 1.52. The molecule has 3 aromatic carbocycles. The fourth-order valence-corrected chi connectivity index (χ4v) is 3.43. The van der Waals surface area contributed by atoms with Crippen LogP contribution in [-0.2, 0) is 6.42 Å². The Morgan fingerprint density at radius 3 is 2.73 bits per heavy atom. The zero-order valence-electron chi connectivity index (χ0n) is 17.0. The number of methoxy groups -OCH3 is 1. The highest BCUT2D eigenvalue weighted by atomic mass is 35.5. The molecule has 1 amide bonds. The smallest absolute Gasteiger partial charge is 0.259 e. The molecule has 0 saturated heterocycles. The van der Waals surface area contributed by atoms with Crippen molar-refractivity contribution in [2.24, 2.45) is 0 Å². The van der Waals surface area contributed by atoms with Crippen LogP contribution in [0, 0.1) is 6.92 Å². The lowest BCUT2D eigenvalue weighted by Gasteiger charge is -2.12. The molecule has 1 aromatic heterocycles. The summed E-state index contributed by atoms with van der Waals surface area (Å²) in [6, 6.07) is 16.7. The van der Waals surface area contributed by atoms with Gasteiger partial charge in [-0.1, -0.05) is 30.7 Å². The normalized spacial score (nSPS) is 10.9. The van der Waals surface area contributed by atoms with E-state index in [0.29, 0.717) is 27.9 Å². The molecule has 0 aliphatic carbocycles. The number of hydrogen-bond acceptors (Lipinski definition) is 4. The van der Waals surface area contributed by atoms with Gasteiger partial charge in [0.05, 0.1) is 12.7 Å². The summed E-state index contributed by atoms with van der Waals surface area (Å²) in [5.74, 6) is 0.658. The largest absolute Gasteiger partial charge is 0.496 e. The van der Waals surface area contributed by atoms with Crippen LogP contribution >= 0.6 is 11.6 Å². The minimum absolute atomic E-state index is 0.306. The fourth-order valence-electron chi connectivity index (χ4n) is 3.25. The van der Waals surface area contributed by atoms with Gasteiger partial charge in [-0.25, -0.2) is 4.98 Å². The maximum atomic E-state index is 12.9. The number of nitrogens with one attached hydrogen (secondary N) is 1. The van der Waals surface area contributed by atoms with Crippen LogP contribution in [-0.4, -0.2) is 18.0 Å². The van der Waals surface area contributed by atoms with Gasteiger partial charge in [-0.05, 0) is 66.9 Å². The Morgan fingerprint density at radius 1 is 1.13 bits per heavy atom. The number of oxazole rings is 1. The second-order valence-electron chi connectivity index (χ2n) is 7.00. The van der Waals surface area contributed by atoms with Gasteiger partial charge in [0.15, 0.2) is 5.58 Å². The molecule has 5 nitrogen and oxygen atoms in total. The van der Waals surface area contributed by atoms with E-state index in [4.69, 9.17) is 20.8 Å². The third kappa shape index (κ3) is 3.89. The Hall–Kier alpha value is -3.31. The highest BCUT2D eigenvalue weighted by molar-refractivity contribution is 6.31. The molecule has 0 aliphatic heterocycles. The first-order chi connectivity index (χ1) is 14.5. The van der Waals surface area contributed by atoms with Gasteiger partial charge >= 0.3 is 0 Å². The van der Waals surface area contributed by atoms with Crippen LogP contribution in [0.2, 0.25) is 5.02 Å². The molecule has 0 bridgehead atoms. The van der Waals surface area contributed by atoms with E-state index in [0.717, 1.165) is 28.6 Å². The lowest BCUT2D eigenvalue weighted by Crippen LogP contribution is -2.14. The highest BCUT2D eigenvalue weighted by Gasteiger charge is 2.16. The third-order valence-corrected chi connectivity index (χ3v) is 5.23. The quantitative estimate of drug-likeness (QED) is 0.412. The average Bonchev–Trinajstić information content (AvgIpc) is 3.18. The molecule has 4 rings (SSSR count). The van der Waals surface area contributed by atoms with Gasteiger partial charge in [-0.2, -0.15) is 0 Å². The number of hydrogen-bond donors (Lipinski definition) is 1. The number of rotatable bonds is 5. The van der Waals surface area contributed by atoms with E-state index >= 15 is 0 Å². The third-order valence-electron chi connectivity index (χ3n) is 5.00. The Labute approximate surface area is 179 Å². The predicted molar refractivity (Wildman–Crippen MR) is 120 cm³/mol. The van der Waals surface area contributed by atoms with Gasteiger partial charge in [0.1, 0.15) is 11.3 Å². The molecule has 0 spiro atoms. The fraction of sp³-hybridized carbons (Fsp3) is 0.167. The van der Waals surface area contributed by atoms with Crippen molar-refractivity contribution in [3.63, 3.8) is 0 Å². The number of amides is 1. The number of ether oxygens (including phenoxy) is 1. The number of carbonyl (C=O) groups excluding carboxylic acids is 1. The molecule has 0 aliphatic rings. The first kappa shape index (κ1) is 20.0. The molecule has 1 heterocycles. The number of halogens is 1. The van der Waals surface area contributed by atoms with E-state index < -0.39 is 0 Å². The summed E-state index contributed by atoms with van der Waals surface area (Å²) in [5.41, 5.74) is 5.48. The predicted octanol–water partition coefficient (Wildman–Crippen LogP) is 6.28. The summed E-state index contributed by atoms with van der Waals surface area (Å²) in [6.45, 7) is 4.03. The second kappa shape index (κ2) is 8.20. The molecule has 0 atom stereocenters. The number of fused-ring (bicyclic) bond motifs is 1. The number of aryl methyl sites for hydroxylation is 2. The molecule has 0 fully saturated rings. The van der Waals surface area contributed by atoms with Crippen molar-refractivity contribution in [1.29, 1.82) is 0 Å². The van der Waals surface area contributed by atoms with Crippen molar-refractivity contribution in [2.75, 3.05) is 12.4 Å². The van der Waals surface area contributed by atoms with E-state index in [-0.39, 0.29) is 5.91 Å². The van der Waals surface area contributed by atoms with Gasteiger partial charge in [-0.15, -0.1) is 0 Å². The molecule has 4 aromatic rings.